The Balaban J connectivity index is 1.92. The van der Waals surface area contributed by atoms with Gasteiger partial charge in [0.1, 0.15) is 0 Å². The third kappa shape index (κ3) is 3.64. The Morgan fingerprint density at radius 3 is 3.18 bits per heavy atom. The molecule has 0 saturated carbocycles. The first-order valence-electron chi connectivity index (χ1n) is 5.95. The molecule has 1 aromatic heterocycles. The fourth-order valence-electron chi connectivity index (χ4n) is 2.19. The van der Waals surface area contributed by atoms with Crippen molar-refractivity contribution in [1.29, 1.82) is 0 Å². The van der Waals surface area contributed by atoms with Gasteiger partial charge in [-0.1, -0.05) is 11.6 Å². The summed E-state index contributed by atoms with van der Waals surface area (Å²) in [5.74, 6) is 5.58. The predicted molar refractivity (Wildman–Crippen MR) is 67.7 cm³/mol. The summed E-state index contributed by atoms with van der Waals surface area (Å²) in [6.07, 6.45) is 7.75. The van der Waals surface area contributed by atoms with Crippen molar-refractivity contribution < 1.29 is 4.74 Å². The molecule has 1 aliphatic rings. The number of pyridine rings is 1. The van der Waals surface area contributed by atoms with Gasteiger partial charge < -0.3 is 4.74 Å². The molecule has 0 aromatic carbocycles. The van der Waals surface area contributed by atoms with Gasteiger partial charge in [-0.05, 0) is 37.3 Å². The number of hydrazine groups is 1. The van der Waals surface area contributed by atoms with Crippen molar-refractivity contribution in [2.45, 2.75) is 37.8 Å². The maximum absolute atomic E-state index is 6.08. The largest absolute Gasteiger partial charge is 0.378 e. The number of nitrogens with zero attached hydrogens (tertiary/aromatic N) is 1. The van der Waals surface area contributed by atoms with E-state index in [1.807, 2.05) is 6.07 Å². The van der Waals surface area contributed by atoms with Gasteiger partial charge in [-0.15, -0.1) is 0 Å². The average Bonchev–Trinajstić information content (AvgIpc) is 2.84. The molecule has 1 fully saturated rings. The lowest BCUT2D eigenvalue weighted by Crippen LogP contribution is -2.39. The predicted octanol–water partition coefficient (Wildman–Crippen LogP) is 1.68. The molecule has 5 heteroatoms. The molecule has 94 valence electrons. The van der Waals surface area contributed by atoms with Gasteiger partial charge in [0.25, 0.3) is 0 Å². The molecule has 4 nitrogen and oxygen atoms in total. The van der Waals surface area contributed by atoms with Crippen molar-refractivity contribution in [2.24, 2.45) is 5.84 Å². The van der Waals surface area contributed by atoms with Gasteiger partial charge in [-0.2, -0.15) is 0 Å². The quantitative estimate of drug-likeness (QED) is 0.621. The number of halogens is 1. The second-order valence-electron chi connectivity index (χ2n) is 4.41. The number of hydrogen-bond donors (Lipinski definition) is 2. The fraction of sp³-hybridized carbons (Fsp3) is 0.583. The van der Waals surface area contributed by atoms with Gasteiger partial charge >= 0.3 is 0 Å². The van der Waals surface area contributed by atoms with Crippen LogP contribution >= 0.6 is 11.6 Å². The summed E-state index contributed by atoms with van der Waals surface area (Å²) >= 11 is 6.08. The Morgan fingerprint density at radius 1 is 1.65 bits per heavy atom. The van der Waals surface area contributed by atoms with E-state index in [0.717, 1.165) is 37.9 Å². The molecule has 0 aliphatic carbocycles. The first-order chi connectivity index (χ1) is 8.29. The number of hydrogen-bond acceptors (Lipinski definition) is 4. The molecular weight excluding hydrogens is 238 g/mol. The van der Waals surface area contributed by atoms with E-state index in [4.69, 9.17) is 22.2 Å². The Hall–Kier alpha value is -0.680. The zero-order chi connectivity index (χ0) is 12.1. The smallest absolute Gasteiger partial charge is 0.0621 e. The summed E-state index contributed by atoms with van der Waals surface area (Å²) in [7, 11) is 0. The van der Waals surface area contributed by atoms with Crippen LogP contribution in [0.25, 0.3) is 0 Å². The van der Waals surface area contributed by atoms with E-state index in [2.05, 4.69) is 10.4 Å². The highest BCUT2D eigenvalue weighted by molar-refractivity contribution is 6.31. The lowest BCUT2D eigenvalue weighted by atomic mass is 10.0. The van der Waals surface area contributed by atoms with Crippen LogP contribution in [-0.2, 0) is 11.2 Å². The van der Waals surface area contributed by atoms with Crippen LogP contribution in [0.15, 0.2) is 18.5 Å². The van der Waals surface area contributed by atoms with Crippen LogP contribution in [0.3, 0.4) is 0 Å². The average molecular weight is 256 g/mol. The number of ether oxygens (including phenoxy) is 1. The maximum atomic E-state index is 6.08. The molecule has 1 aliphatic heterocycles. The third-order valence-electron chi connectivity index (χ3n) is 3.13. The van der Waals surface area contributed by atoms with Gasteiger partial charge in [0.05, 0.1) is 11.1 Å². The summed E-state index contributed by atoms with van der Waals surface area (Å²) in [5, 5.41) is 0.695. The van der Waals surface area contributed by atoms with Crippen LogP contribution < -0.4 is 11.3 Å². The summed E-state index contributed by atoms with van der Waals surface area (Å²) in [6, 6.07) is 2.13. The van der Waals surface area contributed by atoms with Crippen molar-refractivity contribution in [3.8, 4) is 0 Å². The number of nitrogens with two attached hydrogens (primary N) is 1. The third-order valence-corrected chi connectivity index (χ3v) is 3.47. The number of rotatable bonds is 5. The first kappa shape index (κ1) is 12.8. The van der Waals surface area contributed by atoms with Crippen molar-refractivity contribution in [2.75, 3.05) is 6.61 Å². The topological polar surface area (TPSA) is 60.2 Å². The van der Waals surface area contributed by atoms with Gasteiger partial charge in [0.15, 0.2) is 0 Å². The van der Waals surface area contributed by atoms with E-state index < -0.39 is 0 Å². The van der Waals surface area contributed by atoms with Crippen molar-refractivity contribution in [1.82, 2.24) is 10.4 Å². The second-order valence-corrected chi connectivity index (χ2v) is 4.81. The number of nitrogens with one attached hydrogen (secondary N) is 1. The molecule has 2 atom stereocenters. The first-order valence-corrected chi connectivity index (χ1v) is 6.33. The van der Waals surface area contributed by atoms with E-state index in [9.17, 15) is 0 Å². The second kappa shape index (κ2) is 6.31. The van der Waals surface area contributed by atoms with Crippen LogP contribution in [0.2, 0.25) is 5.02 Å². The molecule has 1 saturated heterocycles. The van der Waals surface area contributed by atoms with E-state index in [-0.39, 0.29) is 6.04 Å². The highest BCUT2D eigenvalue weighted by Gasteiger charge is 2.20. The molecule has 0 amide bonds. The zero-order valence-corrected chi connectivity index (χ0v) is 10.5. The Kier molecular flexibility index (Phi) is 4.74. The molecular formula is C12H18ClN3O. The molecule has 0 bridgehead atoms. The summed E-state index contributed by atoms with van der Waals surface area (Å²) < 4.78 is 5.61. The van der Waals surface area contributed by atoms with Crippen LogP contribution in [-0.4, -0.2) is 23.7 Å². The molecule has 3 N–H and O–H groups in total. The monoisotopic (exact) mass is 255 g/mol. The lowest BCUT2D eigenvalue weighted by Gasteiger charge is -2.19. The summed E-state index contributed by atoms with van der Waals surface area (Å²) in [5.41, 5.74) is 3.92. The van der Waals surface area contributed by atoms with Gasteiger partial charge in [-0.3, -0.25) is 16.3 Å². The van der Waals surface area contributed by atoms with Crippen molar-refractivity contribution in [3.05, 3.63) is 29.0 Å². The SMILES string of the molecule is NNC(Cc1ccncc1Cl)CC1CCCO1. The molecule has 1 aromatic rings. The van der Waals surface area contributed by atoms with Crippen LogP contribution in [0, 0.1) is 0 Å². The molecule has 17 heavy (non-hydrogen) atoms. The van der Waals surface area contributed by atoms with Crippen molar-refractivity contribution >= 4 is 11.6 Å². The molecule has 2 unspecified atom stereocenters. The van der Waals surface area contributed by atoms with Crippen LogP contribution in [0.1, 0.15) is 24.8 Å². The molecule has 0 radical (unpaired) electrons. The maximum Gasteiger partial charge on any atom is 0.0621 e. The van der Waals surface area contributed by atoms with Crippen LogP contribution in [0.5, 0.6) is 0 Å². The van der Waals surface area contributed by atoms with Gasteiger partial charge in [0.2, 0.25) is 0 Å². The lowest BCUT2D eigenvalue weighted by molar-refractivity contribution is 0.0946. The Bertz CT molecular complexity index is 355. The van der Waals surface area contributed by atoms with Gasteiger partial charge in [0, 0.05) is 25.0 Å². The standard InChI is InChI=1S/C12H18ClN3O/c13-12-8-15-4-3-9(12)6-10(16-14)7-11-2-1-5-17-11/h3-4,8,10-11,16H,1-2,5-7,14H2. The highest BCUT2D eigenvalue weighted by atomic mass is 35.5. The number of aromatic nitrogens is 1. The van der Waals surface area contributed by atoms with E-state index in [0.29, 0.717) is 11.1 Å². The molecule has 2 rings (SSSR count). The highest BCUT2D eigenvalue weighted by Crippen LogP contribution is 2.21. The normalized spacial score (nSPS) is 21.6. The molecule has 2 heterocycles. The van der Waals surface area contributed by atoms with E-state index >= 15 is 0 Å². The minimum absolute atomic E-state index is 0.193. The summed E-state index contributed by atoms with van der Waals surface area (Å²) in [6.45, 7) is 0.873. The van der Waals surface area contributed by atoms with Gasteiger partial charge in [-0.25, -0.2) is 0 Å². The Morgan fingerprint density at radius 2 is 2.53 bits per heavy atom. The minimum atomic E-state index is 0.193. The van der Waals surface area contributed by atoms with E-state index in [1.165, 1.54) is 0 Å². The van der Waals surface area contributed by atoms with Crippen molar-refractivity contribution in [3.63, 3.8) is 0 Å². The van der Waals surface area contributed by atoms with Crippen LogP contribution in [0.4, 0.5) is 0 Å². The summed E-state index contributed by atoms with van der Waals surface area (Å²) in [4.78, 5) is 3.97. The zero-order valence-electron chi connectivity index (χ0n) is 9.73. The fourth-order valence-corrected chi connectivity index (χ4v) is 2.39. The van der Waals surface area contributed by atoms with E-state index in [1.54, 1.807) is 12.4 Å². The molecule has 0 spiro atoms. The minimum Gasteiger partial charge on any atom is -0.378 e. The Labute approximate surface area is 106 Å².